The number of rotatable bonds is 4. The van der Waals surface area contributed by atoms with Crippen molar-refractivity contribution in [3.05, 3.63) is 34.9 Å². The third-order valence-electron chi connectivity index (χ3n) is 2.47. The fourth-order valence-electron chi connectivity index (χ4n) is 1.36. The first kappa shape index (κ1) is 20.4. The highest BCUT2D eigenvalue weighted by Gasteiger charge is 2.18. The number of hydrogen-bond donors (Lipinski definition) is 0. The molecular formula is C12H11ClF4N4O4. The summed E-state index contributed by atoms with van der Waals surface area (Å²) in [5.74, 6) is -1.57. The van der Waals surface area contributed by atoms with Crippen LogP contribution < -0.4 is 0 Å². The molecule has 0 N–H and O–H groups in total. The van der Waals surface area contributed by atoms with Crippen LogP contribution in [-0.2, 0) is 9.47 Å². The maximum atomic E-state index is 12.0. The van der Waals surface area contributed by atoms with Gasteiger partial charge in [-0.3, -0.25) is 0 Å². The summed E-state index contributed by atoms with van der Waals surface area (Å²) in [4.78, 5) is 21.5. The smallest absolute Gasteiger partial charge is 0.360 e. The van der Waals surface area contributed by atoms with Gasteiger partial charge in [0.2, 0.25) is 0 Å². The SMILES string of the molecule is COC(=O)c1ccn(C(F)F)n1.COC(=O)c1nn(C(F)F)cc1Cl. The summed E-state index contributed by atoms with van der Waals surface area (Å²) in [5.41, 5.74) is -0.442. The first-order chi connectivity index (χ1) is 11.7. The third-order valence-corrected chi connectivity index (χ3v) is 2.75. The largest absolute Gasteiger partial charge is 0.464 e. The molecule has 0 aliphatic rings. The molecule has 2 heterocycles. The van der Waals surface area contributed by atoms with Crippen LogP contribution in [0.25, 0.3) is 0 Å². The number of hydrogen-bond acceptors (Lipinski definition) is 6. The molecule has 0 saturated heterocycles. The quantitative estimate of drug-likeness (QED) is 0.593. The number of esters is 2. The number of halogens is 5. The molecule has 2 rings (SSSR count). The normalized spacial score (nSPS) is 10.4. The van der Waals surface area contributed by atoms with E-state index in [9.17, 15) is 27.2 Å². The zero-order valence-corrected chi connectivity index (χ0v) is 13.5. The van der Waals surface area contributed by atoms with Gasteiger partial charge in [-0.1, -0.05) is 11.6 Å². The Balaban J connectivity index is 0.000000251. The summed E-state index contributed by atoms with van der Waals surface area (Å²) >= 11 is 5.45. The summed E-state index contributed by atoms with van der Waals surface area (Å²) in [6.07, 6.45) is 1.87. The Hall–Kier alpha value is -2.63. The van der Waals surface area contributed by atoms with Gasteiger partial charge in [0.1, 0.15) is 0 Å². The summed E-state index contributed by atoms with van der Waals surface area (Å²) in [5, 5.41) is 6.35. The minimum atomic E-state index is -2.82. The maximum absolute atomic E-state index is 12.0. The third kappa shape index (κ3) is 5.45. The zero-order chi connectivity index (χ0) is 19.1. The summed E-state index contributed by atoms with van der Waals surface area (Å²) in [7, 11) is 2.27. The van der Waals surface area contributed by atoms with E-state index in [1.54, 1.807) is 0 Å². The second-order valence-corrected chi connectivity index (χ2v) is 4.43. The number of methoxy groups -OCH3 is 2. The van der Waals surface area contributed by atoms with Crippen molar-refractivity contribution in [1.29, 1.82) is 0 Å². The molecule has 0 amide bonds. The van der Waals surface area contributed by atoms with Gasteiger partial charge >= 0.3 is 25.0 Å². The average Bonchev–Trinajstić information content (AvgIpc) is 3.21. The molecule has 2 aromatic rings. The van der Waals surface area contributed by atoms with E-state index in [0.717, 1.165) is 32.7 Å². The monoisotopic (exact) mass is 386 g/mol. The Labute approximate surface area is 142 Å². The topological polar surface area (TPSA) is 88.2 Å². The molecular weight excluding hydrogens is 376 g/mol. The van der Waals surface area contributed by atoms with Gasteiger partial charge in [-0.15, -0.1) is 0 Å². The lowest BCUT2D eigenvalue weighted by Crippen LogP contribution is -2.05. The predicted molar refractivity (Wildman–Crippen MR) is 74.6 cm³/mol. The number of carbonyl (C=O) groups is 2. The van der Waals surface area contributed by atoms with E-state index < -0.39 is 25.0 Å². The van der Waals surface area contributed by atoms with Crippen LogP contribution in [0.15, 0.2) is 18.5 Å². The molecule has 0 atom stereocenters. The summed E-state index contributed by atoms with van der Waals surface area (Å²) in [6, 6.07) is 1.16. The van der Waals surface area contributed by atoms with Crippen molar-refractivity contribution in [2.45, 2.75) is 13.1 Å². The van der Waals surface area contributed by atoms with Crippen molar-refractivity contribution < 1.29 is 36.6 Å². The van der Waals surface area contributed by atoms with E-state index in [1.807, 2.05) is 0 Å². The molecule has 8 nitrogen and oxygen atoms in total. The van der Waals surface area contributed by atoms with Crippen molar-refractivity contribution >= 4 is 23.5 Å². The highest BCUT2D eigenvalue weighted by atomic mass is 35.5. The van der Waals surface area contributed by atoms with Crippen LogP contribution in [0.1, 0.15) is 34.1 Å². The lowest BCUT2D eigenvalue weighted by atomic mass is 10.4. The molecule has 0 radical (unpaired) electrons. The summed E-state index contributed by atoms with van der Waals surface area (Å²) < 4.78 is 57.0. The fourth-order valence-corrected chi connectivity index (χ4v) is 1.58. The van der Waals surface area contributed by atoms with E-state index in [-0.39, 0.29) is 21.1 Å². The molecule has 0 bridgehead atoms. The number of nitrogens with zero attached hydrogens (tertiary/aromatic N) is 4. The van der Waals surface area contributed by atoms with Crippen molar-refractivity contribution in [3.8, 4) is 0 Å². The molecule has 0 aromatic carbocycles. The number of aromatic nitrogens is 4. The van der Waals surface area contributed by atoms with Gasteiger partial charge in [-0.2, -0.15) is 27.8 Å². The molecule has 0 unspecified atom stereocenters. The number of alkyl halides is 4. The average molecular weight is 387 g/mol. The molecule has 0 aliphatic carbocycles. The maximum Gasteiger partial charge on any atom is 0.360 e. The zero-order valence-electron chi connectivity index (χ0n) is 12.7. The molecule has 0 aliphatic heterocycles. The minimum Gasteiger partial charge on any atom is -0.464 e. The van der Waals surface area contributed by atoms with E-state index in [1.165, 1.54) is 0 Å². The van der Waals surface area contributed by atoms with Gasteiger partial charge < -0.3 is 9.47 Å². The number of carbonyl (C=O) groups excluding carboxylic acids is 2. The Kier molecular flexibility index (Phi) is 7.36. The van der Waals surface area contributed by atoms with E-state index in [0.29, 0.717) is 4.68 Å². The van der Waals surface area contributed by atoms with E-state index in [2.05, 4.69) is 19.7 Å². The van der Waals surface area contributed by atoms with Gasteiger partial charge in [0, 0.05) is 6.20 Å². The van der Waals surface area contributed by atoms with Crippen LogP contribution in [0.3, 0.4) is 0 Å². The summed E-state index contributed by atoms with van der Waals surface area (Å²) in [6.45, 7) is -5.56. The molecule has 0 fully saturated rings. The molecule has 0 spiro atoms. The highest BCUT2D eigenvalue weighted by Crippen LogP contribution is 2.18. The first-order valence-electron chi connectivity index (χ1n) is 6.24. The van der Waals surface area contributed by atoms with Crippen LogP contribution in [0.4, 0.5) is 17.6 Å². The van der Waals surface area contributed by atoms with Crippen LogP contribution >= 0.6 is 11.6 Å². The first-order valence-corrected chi connectivity index (χ1v) is 6.61. The molecule has 13 heteroatoms. The van der Waals surface area contributed by atoms with Crippen LogP contribution in [-0.4, -0.2) is 45.7 Å². The minimum absolute atomic E-state index is 0.127. The number of ether oxygens (including phenoxy) is 2. The van der Waals surface area contributed by atoms with Crippen molar-refractivity contribution in [2.24, 2.45) is 0 Å². The highest BCUT2D eigenvalue weighted by molar-refractivity contribution is 6.33. The molecule has 2 aromatic heterocycles. The second kappa shape index (κ2) is 9.01. The Bertz CT molecular complexity index is 735. The van der Waals surface area contributed by atoms with Gasteiger partial charge in [0.15, 0.2) is 11.4 Å². The van der Waals surface area contributed by atoms with Crippen LogP contribution in [0, 0.1) is 0 Å². The molecule has 138 valence electrons. The van der Waals surface area contributed by atoms with Gasteiger partial charge in [-0.25, -0.2) is 19.0 Å². The van der Waals surface area contributed by atoms with Gasteiger partial charge in [0.25, 0.3) is 0 Å². The van der Waals surface area contributed by atoms with Gasteiger partial charge in [0.05, 0.1) is 25.4 Å². The van der Waals surface area contributed by atoms with E-state index in [4.69, 9.17) is 11.6 Å². The standard InChI is InChI=1S/C6H5ClF2N2O2.C6H6F2N2O2/c1-13-5(12)4-3(7)2-11(10-4)6(8)9;1-12-5(11)4-2-3-10(9-4)6(7)8/h2,6H,1H3;2-3,6H,1H3. The van der Waals surface area contributed by atoms with Crippen LogP contribution in [0.2, 0.25) is 5.02 Å². The Morgan fingerprint density at radius 1 is 1.04 bits per heavy atom. The predicted octanol–water partition coefficient (Wildman–Crippen LogP) is 2.78. The Morgan fingerprint density at radius 3 is 2.00 bits per heavy atom. The lowest BCUT2D eigenvalue weighted by molar-refractivity contribution is 0.0509. The van der Waals surface area contributed by atoms with Crippen molar-refractivity contribution in [2.75, 3.05) is 14.2 Å². The van der Waals surface area contributed by atoms with Crippen molar-refractivity contribution in [1.82, 2.24) is 19.6 Å². The molecule has 0 saturated carbocycles. The van der Waals surface area contributed by atoms with Gasteiger partial charge in [-0.05, 0) is 6.07 Å². The van der Waals surface area contributed by atoms with Crippen molar-refractivity contribution in [3.63, 3.8) is 0 Å². The Morgan fingerprint density at radius 2 is 1.60 bits per heavy atom. The second-order valence-electron chi connectivity index (χ2n) is 4.03. The molecule has 25 heavy (non-hydrogen) atoms. The lowest BCUT2D eigenvalue weighted by Gasteiger charge is -1.96. The fraction of sp³-hybridized carbons (Fsp3) is 0.333. The van der Waals surface area contributed by atoms with Crippen LogP contribution in [0.5, 0.6) is 0 Å². The van der Waals surface area contributed by atoms with E-state index >= 15 is 0 Å².